The van der Waals surface area contributed by atoms with E-state index in [-0.39, 0.29) is 25.4 Å². The van der Waals surface area contributed by atoms with Crippen LogP contribution in [0.1, 0.15) is 32.4 Å². The van der Waals surface area contributed by atoms with Crippen molar-refractivity contribution in [2.24, 2.45) is 5.41 Å². The van der Waals surface area contributed by atoms with E-state index in [9.17, 15) is 14.4 Å². The Hall–Kier alpha value is -2.67. The quantitative estimate of drug-likeness (QED) is 0.312. The summed E-state index contributed by atoms with van der Waals surface area (Å²) < 4.78 is 21.1. The van der Waals surface area contributed by atoms with Crippen LogP contribution in [0.25, 0.3) is 0 Å². The number of carbonyl (C=O) groups is 3. The first kappa shape index (κ1) is 20.6. The molecule has 0 unspecified atom stereocenters. The van der Waals surface area contributed by atoms with Gasteiger partial charge in [-0.25, -0.2) is 4.79 Å². The molecule has 0 aliphatic carbocycles. The topological polar surface area (TPSA) is 88.1 Å². The van der Waals surface area contributed by atoms with E-state index in [1.807, 2.05) is 6.07 Å². The minimum atomic E-state index is -2.13. The van der Waals surface area contributed by atoms with Gasteiger partial charge < -0.3 is 18.9 Å². The molecular formula is C20H24O7. The largest absolute Gasteiger partial charge is 0.465 e. The van der Waals surface area contributed by atoms with Crippen molar-refractivity contribution in [3.05, 3.63) is 48.0 Å². The van der Waals surface area contributed by atoms with Crippen molar-refractivity contribution in [2.45, 2.75) is 33.0 Å². The molecule has 7 nitrogen and oxygen atoms in total. The van der Waals surface area contributed by atoms with E-state index in [0.717, 1.165) is 0 Å². The molecule has 1 fully saturated rings. The van der Waals surface area contributed by atoms with E-state index >= 15 is 0 Å². The Labute approximate surface area is 158 Å². The third kappa shape index (κ3) is 3.60. The fourth-order valence-corrected chi connectivity index (χ4v) is 3.10. The Bertz CT molecular complexity index is 692. The second-order valence-electron chi connectivity index (χ2n) is 5.83. The van der Waals surface area contributed by atoms with Crippen LogP contribution in [0.5, 0.6) is 0 Å². The van der Waals surface area contributed by atoms with Crippen molar-refractivity contribution in [1.29, 1.82) is 0 Å². The summed E-state index contributed by atoms with van der Waals surface area (Å²) in [6.07, 6.45) is -2.41. The van der Waals surface area contributed by atoms with Crippen LogP contribution in [0, 0.1) is 5.41 Å². The number of hydrogen-bond donors (Lipinski definition) is 0. The van der Waals surface area contributed by atoms with Crippen molar-refractivity contribution in [1.82, 2.24) is 0 Å². The Balaban J connectivity index is 2.61. The molecule has 2 atom stereocenters. The number of esters is 3. The first-order chi connectivity index (χ1) is 12.9. The Kier molecular flexibility index (Phi) is 6.74. The van der Waals surface area contributed by atoms with Crippen LogP contribution in [0.15, 0.2) is 42.5 Å². The third-order valence-electron chi connectivity index (χ3n) is 4.29. The zero-order chi connectivity index (χ0) is 20.0. The normalized spacial score (nSPS) is 20.8. The zero-order valence-corrected chi connectivity index (χ0v) is 15.7. The van der Waals surface area contributed by atoms with Gasteiger partial charge in [0.1, 0.15) is 6.10 Å². The van der Waals surface area contributed by atoms with Crippen LogP contribution >= 0.6 is 0 Å². The highest BCUT2D eigenvalue weighted by atomic mass is 16.6. The van der Waals surface area contributed by atoms with E-state index in [1.165, 1.54) is 0 Å². The summed E-state index contributed by atoms with van der Waals surface area (Å²) in [5.41, 5.74) is -1.39. The maximum absolute atomic E-state index is 12.9. The Morgan fingerprint density at radius 1 is 0.963 bits per heavy atom. The van der Waals surface area contributed by atoms with Gasteiger partial charge >= 0.3 is 17.9 Å². The summed E-state index contributed by atoms with van der Waals surface area (Å²) >= 11 is 0. The van der Waals surface area contributed by atoms with Gasteiger partial charge in [-0.15, -0.1) is 0 Å². The van der Waals surface area contributed by atoms with E-state index in [1.54, 1.807) is 45.0 Å². The number of benzene rings is 1. The number of carbonyl (C=O) groups excluding carboxylic acids is 3. The van der Waals surface area contributed by atoms with Crippen molar-refractivity contribution in [3.8, 4) is 0 Å². The van der Waals surface area contributed by atoms with Crippen molar-refractivity contribution in [3.63, 3.8) is 0 Å². The summed E-state index contributed by atoms with van der Waals surface area (Å²) in [5, 5.41) is 0. The lowest BCUT2D eigenvalue weighted by Crippen LogP contribution is -2.52. The maximum Gasteiger partial charge on any atom is 0.337 e. The van der Waals surface area contributed by atoms with Gasteiger partial charge in [0, 0.05) is 0 Å². The van der Waals surface area contributed by atoms with Gasteiger partial charge in [0.25, 0.3) is 0 Å². The lowest BCUT2D eigenvalue weighted by molar-refractivity contribution is -0.183. The molecule has 0 N–H and O–H groups in total. The summed E-state index contributed by atoms with van der Waals surface area (Å²) in [7, 11) is 0. The summed E-state index contributed by atoms with van der Waals surface area (Å²) in [6, 6.07) is 8.88. The van der Waals surface area contributed by atoms with E-state index < -0.39 is 35.5 Å². The molecular weight excluding hydrogens is 352 g/mol. The molecule has 0 saturated carbocycles. The molecule has 1 aliphatic rings. The molecule has 0 amide bonds. The number of ether oxygens (including phenoxy) is 4. The fraction of sp³-hybridized carbons (Fsp3) is 0.450. The second kappa shape index (κ2) is 8.81. The minimum Gasteiger partial charge on any atom is -0.465 e. The van der Waals surface area contributed by atoms with E-state index in [4.69, 9.17) is 18.9 Å². The highest BCUT2D eigenvalue weighted by Crippen LogP contribution is 2.51. The smallest absolute Gasteiger partial charge is 0.337 e. The predicted octanol–water partition coefficient (Wildman–Crippen LogP) is 2.36. The molecule has 0 radical (unpaired) electrons. The average Bonchev–Trinajstić information content (AvgIpc) is 2.97. The summed E-state index contributed by atoms with van der Waals surface area (Å²) in [4.78, 5) is 38.4. The summed E-state index contributed by atoms with van der Waals surface area (Å²) in [6.45, 7) is 8.83. The molecule has 146 valence electrons. The summed E-state index contributed by atoms with van der Waals surface area (Å²) in [5.74, 6) is -2.73. The Morgan fingerprint density at radius 3 is 1.96 bits per heavy atom. The minimum absolute atomic E-state index is 0.0127. The van der Waals surface area contributed by atoms with E-state index in [0.29, 0.717) is 5.56 Å². The number of rotatable bonds is 7. The molecule has 1 aromatic rings. The second-order valence-corrected chi connectivity index (χ2v) is 5.83. The molecule has 2 rings (SSSR count). The lowest BCUT2D eigenvalue weighted by Gasteiger charge is -2.28. The molecule has 27 heavy (non-hydrogen) atoms. The van der Waals surface area contributed by atoms with Crippen molar-refractivity contribution >= 4 is 17.9 Å². The van der Waals surface area contributed by atoms with Gasteiger partial charge in [0.15, 0.2) is 6.10 Å². The van der Waals surface area contributed by atoms with Gasteiger partial charge in [-0.3, -0.25) is 9.59 Å². The van der Waals surface area contributed by atoms with Gasteiger partial charge in [-0.1, -0.05) is 36.9 Å². The standard InChI is InChI=1S/C20H24O7/c1-5-24-17(21)16-20(18(22)25-6-2,19(23)26-7-3)13(4)15(27-16)14-11-9-8-10-12-14/h8-12,15-16H,4-7H2,1-3H3/t15-,16+/m1/s1. The highest BCUT2D eigenvalue weighted by molar-refractivity contribution is 6.09. The lowest BCUT2D eigenvalue weighted by atomic mass is 9.75. The first-order valence-electron chi connectivity index (χ1n) is 8.85. The van der Waals surface area contributed by atoms with Gasteiger partial charge in [0.2, 0.25) is 5.41 Å². The van der Waals surface area contributed by atoms with Gasteiger partial charge in [-0.2, -0.15) is 0 Å². The predicted molar refractivity (Wildman–Crippen MR) is 95.5 cm³/mol. The zero-order valence-electron chi connectivity index (χ0n) is 15.7. The molecule has 0 spiro atoms. The molecule has 0 aromatic heterocycles. The van der Waals surface area contributed by atoms with Crippen LogP contribution < -0.4 is 0 Å². The Morgan fingerprint density at radius 2 is 1.48 bits per heavy atom. The average molecular weight is 376 g/mol. The number of hydrogen-bond acceptors (Lipinski definition) is 7. The van der Waals surface area contributed by atoms with Crippen molar-refractivity contribution < 1.29 is 33.3 Å². The van der Waals surface area contributed by atoms with Crippen molar-refractivity contribution in [2.75, 3.05) is 19.8 Å². The SMILES string of the molecule is C=C1[C@H](c2ccccc2)O[C@@H](C(=O)OCC)C1(C(=O)OCC)C(=O)OCC. The molecule has 1 saturated heterocycles. The van der Waals surface area contributed by atoms with Gasteiger partial charge in [-0.05, 0) is 31.9 Å². The monoisotopic (exact) mass is 376 g/mol. The first-order valence-corrected chi connectivity index (χ1v) is 8.85. The van der Waals surface area contributed by atoms with Crippen LogP contribution in [-0.4, -0.2) is 43.8 Å². The van der Waals surface area contributed by atoms with Crippen LogP contribution in [-0.2, 0) is 33.3 Å². The van der Waals surface area contributed by atoms with Crippen LogP contribution in [0.2, 0.25) is 0 Å². The fourth-order valence-electron chi connectivity index (χ4n) is 3.10. The highest BCUT2D eigenvalue weighted by Gasteiger charge is 2.67. The molecule has 7 heteroatoms. The van der Waals surface area contributed by atoms with Gasteiger partial charge in [0.05, 0.1) is 19.8 Å². The maximum atomic E-state index is 12.9. The van der Waals surface area contributed by atoms with Crippen LogP contribution in [0.3, 0.4) is 0 Å². The molecule has 0 bridgehead atoms. The van der Waals surface area contributed by atoms with Crippen LogP contribution in [0.4, 0.5) is 0 Å². The van der Waals surface area contributed by atoms with E-state index in [2.05, 4.69) is 6.58 Å². The molecule has 1 aromatic carbocycles. The molecule has 1 heterocycles. The third-order valence-corrected chi connectivity index (χ3v) is 4.29. The molecule has 1 aliphatic heterocycles.